The Morgan fingerprint density at radius 2 is 1.69 bits per heavy atom. The molecular formula is C28H27F4N3. The van der Waals surface area contributed by atoms with Gasteiger partial charge in [0.15, 0.2) is 0 Å². The summed E-state index contributed by atoms with van der Waals surface area (Å²) in [7, 11) is 2.00. The first-order valence-corrected chi connectivity index (χ1v) is 11.7. The van der Waals surface area contributed by atoms with Gasteiger partial charge in [0, 0.05) is 50.0 Å². The molecule has 2 aliphatic heterocycles. The standard InChI is InChI=1S/C28H27F4N3/c1-34-13-14-35(27(18-34)19-4-8-24(9-5-19)28(30,31)32)17-23-16-20(6-10-25(23)29)21-7-11-26-22(15-21)3-2-12-33-26/h2-11,15-16,27,33H,12-14,17-18H2,1H3. The zero-order valence-electron chi connectivity index (χ0n) is 19.4. The van der Waals surface area contributed by atoms with E-state index in [4.69, 9.17) is 0 Å². The molecule has 0 radical (unpaired) electrons. The largest absolute Gasteiger partial charge is 0.416 e. The summed E-state index contributed by atoms with van der Waals surface area (Å²) in [5, 5.41) is 3.33. The van der Waals surface area contributed by atoms with Crippen molar-refractivity contribution in [1.82, 2.24) is 9.80 Å². The minimum atomic E-state index is -4.37. The number of benzene rings is 3. The molecule has 0 amide bonds. The van der Waals surface area contributed by atoms with Crippen molar-refractivity contribution in [3.8, 4) is 11.1 Å². The van der Waals surface area contributed by atoms with Gasteiger partial charge < -0.3 is 10.2 Å². The van der Waals surface area contributed by atoms with E-state index in [2.05, 4.69) is 33.3 Å². The Morgan fingerprint density at radius 3 is 2.46 bits per heavy atom. The molecule has 5 rings (SSSR count). The number of hydrogen-bond acceptors (Lipinski definition) is 3. The summed E-state index contributed by atoms with van der Waals surface area (Å²) in [6.45, 7) is 3.35. The van der Waals surface area contributed by atoms with Gasteiger partial charge in [0.25, 0.3) is 0 Å². The Bertz CT molecular complexity index is 1230. The zero-order chi connectivity index (χ0) is 24.6. The van der Waals surface area contributed by atoms with Gasteiger partial charge in [-0.05, 0) is 65.7 Å². The van der Waals surface area contributed by atoms with Gasteiger partial charge in [-0.1, -0.05) is 36.4 Å². The number of hydrogen-bond donors (Lipinski definition) is 1. The van der Waals surface area contributed by atoms with Crippen LogP contribution in [0.4, 0.5) is 23.2 Å². The highest BCUT2D eigenvalue weighted by atomic mass is 19.4. The first kappa shape index (κ1) is 23.6. The fourth-order valence-electron chi connectivity index (χ4n) is 4.85. The molecular weight excluding hydrogens is 454 g/mol. The van der Waals surface area contributed by atoms with Gasteiger partial charge in [0.05, 0.1) is 5.56 Å². The molecule has 0 bridgehead atoms. The lowest BCUT2D eigenvalue weighted by Crippen LogP contribution is -2.46. The van der Waals surface area contributed by atoms with Crippen molar-refractivity contribution in [3.63, 3.8) is 0 Å². The molecule has 7 heteroatoms. The minimum absolute atomic E-state index is 0.126. The third-order valence-corrected chi connectivity index (χ3v) is 6.83. The molecule has 182 valence electrons. The lowest BCUT2D eigenvalue weighted by Gasteiger charge is -2.40. The maximum atomic E-state index is 14.9. The number of likely N-dealkylation sites (N-methyl/N-ethyl adjacent to an activating group) is 1. The number of piperazine rings is 1. The summed E-state index contributed by atoms with van der Waals surface area (Å²) in [5.41, 5.74) is 4.84. The molecule has 0 spiro atoms. The predicted molar refractivity (Wildman–Crippen MR) is 131 cm³/mol. The van der Waals surface area contributed by atoms with Crippen molar-refractivity contribution in [2.45, 2.75) is 18.8 Å². The molecule has 1 unspecified atom stereocenters. The van der Waals surface area contributed by atoms with E-state index in [9.17, 15) is 17.6 Å². The minimum Gasteiger partial charge on any atom is -0.381 e. The van der Waals surface area contributed by atoms with Crippen LogP contribution in [-0.2, 0) is 12.7 Å². The van der Waals surface area contributed by atoms with Crippen molar-refractivity contribution >= 4 is 11.8 Å². The normalized spacial score (nSPS) is 18.8. The Morgan fingerprint density at radius 1 is 0.943 bits per heavy atom. The average molecular weight is 482 g/mol. The summed E-state index contributed by atoms with van der Waals surface area (Å²) >= 11 is 0. The van der Waals surface area contributed by atoms with Crippen LogP contribution in [0.3, 0.4) is 0 Å². The third kappa shape index (κ3) is 5.11. The molecule has 0 aromatic heterocycles. The van der Waals surface area contributed by atoms with Crippen molar-refractivity contribution in [2.24, 2.45) is 0 Å². The van der Waals surface area contributed by atoms with Crippen LogP contribution in [0.15, 0.2) is 66.7 Å². The fraction of sp³-hybridized carbons (Fsp3) is 0.286. The number of anilines is 1. The van der Waals surface area contributed by atoms with Crippen LogP contribution in [0.5, 0.6) is 0 Å². The number of rotatable bonds is 4. The molecule has 2 heterocycles. The number of alkyl halides is 3. The van der Waals surface area contributed by atoms with Crippen molar-refractivity contribution in [2.75, 3.05) is 38.5 Å². The van der Waals surface area contributed by atoms with Gasteiger partial charge in [-0.25, -0.2) is 4.39 Å². The lowest BCUT2D eigenvalue weighted by atomic mass is 9.97. The SMILES string of the molecule is CN1CCN(Cc2cc(-c3ccc4c(c3)C=CCN4)ccc2F)C(c2ccc(C(F)(F)F)cc2)C1. The van der Waals surface area contributed by atoms with Crippen LogP contribution in [0.1, 0.15) is 28.3 Å². The number of fused-ring (bicyclic) bond motifs is 1. The predicted octanol–water partition coefficient (Wildman–Crippen LogP) is 6.44. The Balaban J connectivity index is 1.41. The molecule has 1 atom stereocenters. The van der Waals surface area contributed by atoms with Crippen LogP contribution < -0.4 is 5.32 Å². The summed E-state index contributed by atoms with van der Waals surface area (Å²) in [5.74, 6) is -0.279. The van der Waals surface area contributed by atoms with Gasteiger partial charge in [0.2, 0.25) is 0 Å². The van der Waals surface area contributed by atoms with E-state index in [0.29, 0.717) is 25.2 Å². The summed E-state index contributed by atoms with van der Waals surface area (Å²) < 4.78 is 54.0. The van der Waals surface area contributed by atoms with Gasteiger partial charge in [0.1, 0.15) is 5.82 Å². The number of halogens is 4. The maximum Gasteiger partial charge on any atom is 0.416 e. The third-order valence-electron chi connectivity index (χ3n) is 6.83. The van der Waals surface area contributed by atoms with Crippen molar-refractivity contribution in [1.29, 1.82) is 0 Å². The highest BCUT2D eigenvalue weighted by molar-refractivity contribution is 5.77. The van der Waals surface area contributed by atoms with Crippen LogP contribution in [0.2, 0.25) is 0 Å². The molecule has 2 aliphatic rings. The summed E-state index contributed by atoms with van der Waals surface area (Å²) in [6.07, 6.45) is -0.219. The molecule has 3 aromatic rings. The first-order chi connectivity index (χ1) is 16.8. The zero-order valence-corrected chi connectivity index (χ0v) is 19.4. The maximum absolute atomic E-state index is 14.9. The topological polar surface area (TPSA) is 18.5 Å². The van der Waals surface area contributed by atoms with Gasteiger partial charge >= 0.3 is 6.18 Å². The number of nitrogens with zero attached hydrogens (tertiary/aromatic N) is 2. The van der Waals surface area contributed by atoms with Gasteiger partial charge in [-0.3, -0.25) is 4.90 Å². The fourth-order valence-corrected chi connectivity index (χ4v) is 4.85. The van der Waals surface area contributed by atoms with E-state index in [-0.39, 0.29) is 11.9 Å². The molecule has 35 heavy (non-hydrogen) atoms. The second kappa shape index (κ2) is 9.47. The highest BCUT2D eigenvalue weighted by Gasteiger charge is 2.32. The summed E-state index contributed by atoms with van der Waals surface area (Å²) in [4.78, 5) is 4.31. The lowest BCUT2D eigenvalue weighted by molar-refractivity contribution is -0.137. The Kier molecular flexibility index (Phi) is 6.38. The molecule has 1 saturated heterocycles. The molecule has 3 nitrogen and oxygen atoms in total. The van der Waals surface area contributed by atoms with Crippen LogP contribution in [0.25, 0.3) is 17.2 Å². The van der Waals surface area contributed by atoms with E-state index >= 15 is 0 Å². The molecule has 1 fully saturated rings. The van der Waals surface area contributed by atoms with Gasteiger partial charge in [-0.15, -0.1) is 0 Å². The quantitative estimate of drug-likeness (QED) is 0.433. The monoisotopic (exact) mass is 481 g/mol. The summed E-state index contributed by atoms with van der Waals surface area (Å²) in [6, 6.07) is 16.6. The Hall–Kier alpha value is -3.16. The molecule has 0 aliphatic carbocycles. The molecule has 0 saturated carbocycles. The van der Waals surface area contributed by atoms with Crippen molar-refractivity contribution in [3.05, 3.63) is 94.8 Å². The average Bonchev–Trinajstić information content (AvgIpc) is 2.85. The smallest absolute Gasteiger partial charge is 0.381 e. The van der Waals surface area contributed by atoms with E-state index < -0.39 is 11.7 Å². The van der Waals surface area contributed by atoms with Crippen LogP contribution >= 0.6 is 0 Å². The van der Waals surface area contributed by atoms with E-state index in [1.54, 1.807) is 18.2 Å². The van der Waals surface area contributed by atoms with E-state index in [1.807, 2.05) is 25.2 Å². The highest BCUT2D eigenvalue weighted by Crippen LogP contribution is 2.34. The van der Waals surface area contributed by atoms with Crippen LogP contribution in [-0.4, -0.2) is 43.0 Å². The first-order valence-electron chi connectivity index (χ1n) is 11.7. The van der Waals surface area contributed by atoms with Gasteiger partial charge in [-0.2, -0.15) is 13.2 Å². The van der Waals surface area contributed by atoms with Crippen molar-refractivity contribution < 1.29 is 17.6 Å². The second-order valence-corrected chi connectivity index (χ2v) is 9.26. The van der Waals surface area contributed by atoms with Crippen LogP contribution in [0, 0.1) is 5.82 Å². The molecule has 3 aromatic carbocycles. The molecule has 1 N–H and O–H groups in total. The van der Waals surface area contributed by atoms with E-state index in [0.717, 1.165) is 53.2 Å². The second-order valence-electron chi connectivity index (χ2n) is 9.26. The number of nitrogens with one attached hydrogen (secondary N) is 1. The Labute approximate surface area is 202 Å². The van der Waals surface area contributed by atoms with E-state index in [1.165, 1.54) is 6.07 Å².